The summed E-state index contributed by atoms with van der Waals surface area (Å²) in [5.41, 5.74) is 4.05. The first kappa shape index (κ1) is 42.8. The van der Waals surface area contributed by atoms with E-state index in [2.05, 4.69) is 194 Å². The molecule has 68 heavy (non-hydrogen) atoms. The second kappa shape index (κ2) is 19.2. The highest BCUT2D eigenvalue weighted by Crippen LogP contribution is 2.47. The molecule has 2 nitrogen and oxygen atoms in total. The largest absolute Gasteiger partial charge is 0.507 e. The van der Waals surface area contributed by atoms with Gasteiger partial charge in [-0.15, -0.1) is 0 Å². The van der Waals surface area contributed by atoms with Crippen molar-refractivity contribution >= 4 is 90.8 Å². The van der Waals surface area contributed by atoms with E-state index in [0.29, 0.717) is 11.1 Å². The molecular weight excluding hydrogens is 863 g/mol. The molecule has 12 aromatic rings. The van der Waals surface area contributed by atoms with Gasteiger partial charge in [0.25, 0.3) is 0 Å². The third-order valence-corrected chi connectivity index (χ3v) is 17.6. The molecule has 324 valence electrons. The number of fused-ring (bicyclic) bond motifs is 4. The summed E-state index contributed by atoms with van der Waals surface area (Å²) in [5.74, 6) is 0.343. The monoisotopic (exact) mass is 908 g/mol. The lowest BCUT2D eigenvalue weighted by molar-refractivity contribution is 0.470. The zero-order chi connectivity index (χ0) is 45.8. The van der Waals surface area contributed by atoms with Gasteiger partial charge < -0.3 is 10.2 Å². The molecule has 2 N–H and O–H groups in total. The standard InChI is InChI=1S/C44H32P2.C20H14O2/c1-5-19-35(20-6-1)45(36-21-7-2-8-22-36)41-31-29-33-17-13-15-27-39(33)43(41)44-40-28-16-14-18-34(40)30-32-42(44)46(37-23-9-3-10-24-37)38-25-11-4-12-26-38;21-17-11-9-13-5-1-3-7-15(13)19(17)20-16-8-4-2-6-14(16)10-12-18(20)22/h1-32H;1-12,21-22H. The van der Waals surface area contributed by atoms with E-state index < -0.39 is 15.8 Å². The van der Waals surface area contributed by atoms with Crippen LogP contribution in [0.15, 0.2) is 267 Å². The Labute approximate surface area is 399 Å². The Morgan fingerprint density at radius 3 is 0.735 bits per heavy atom. The maximum atomic E-state index is 10.4. The Balaban J connectivity index is 0.000000192. The Morgan fingerprint density at radius 2 is 0.441 bits per heavy atom. The van der Waals surface area contributed by atoms with Crippen LogP contribution in [0.1, 0.15) is 0 Å². The maximum Gasteiger partial charge on any atom is 0.124 e. The van der Waals surface area contributed by atoms with E-state index in [1.54, 1.807) is 12.1 Å². The fourth-order valence-electron chi connectivity index (χ4n) is 9.63. The first-order chi connectivity index (χ1) is 33.6. The van der Waals surface area contributed by atoms with Crippen LogP contribution < -0.4 is 31.8 Å². The van der Waals surface area contributed by atoms with Crippen LogP contribution in [0, 0.1) is 0 Å². The summed E-state index contributed by atoms with van der Waals surface area (Å²) in [7, 11) is -1.70. The van der Waals surface area contributed by atoms with Gasteiger partial charge >= 0.3 is 0 Å². The lowest BCUT2D eigenvalue weighted by atomic mass is 9.92. The molecule has 0 spiro atoms. The number of benzene rings is 12. The predicted octanol–water partition coefficient (Wildman–Crippen LogP) is 14.2. The minimum atomic E-state index is -0.852. The van der Waals surface area contributed by atoms with Gasteiger partial charge in [0, 0.05) is 11.1 Å². The van der Waals surface area contributed by atoms with Crippen LogP contribution in [0.4, 0.5) is 0 Å². The van der Waals surface area contributed by atoms with Crippen molar-refractivity contribution < 1.29 is 10.2 Å². The van der Waals surface area contributed by atoms with Gasteiger partial charge in [-0.1, -0.05) is 255 Å². The second-order valence-electron chi connectivity index (χ2n) is 16.7. The average molecular weight is 909 g/mol. The Bertz CT molecular complexity index is 3380. The Hall–Kier alpha value is -7.86. The molecule has 0 saturated heterocycles. The van der Waals surface area contributed by atoms with Crippen LogP contribution >= 0.6 is 15.8 Å². The molecular formula is C64H46O2P2. The summed E-state index contributed by atoms with van der Waals surface area (Å²) >= 11 is 0. The number of hydrogen-bond donors (Lipinski definition) is 2. The maximum absolute atomic E-state index is 10.4. The van der Waals surface area contributed by atoms with Gasteiger partial charge in [-0.3, -0.25) is 0 Å². The van der Waals surface area contributed by atoms with Crippen LogP contribution in [0.3, 0.4) is 0 Å². The lowest BCUT2D eigenvalue weighted by Gasteiger charge is -2.28. The molecule has 12 rings (SSSR count). The van der Waals surface area contributed by atoms with E-state index in [1.807, 2.05) is 60.7 Å². The van der Waals surface area contributed by atoms with Crippen LogP contribution in [-0.2, 0) is 0 Å². The minimum absolute atomic E-state index is 0.172. The van der Waals surface area contributed by atoms with Gasteiger partial charge in [-0.2, -0.15) is 0 Å². The van der Waals surface area contributed by atoms with Crippen molar-refractivity contribution in [2.75, 3.05) is 0 Å². The van der Waals surface area contributed by atoms with E-state index in [1.165, 1.54) is 64.5 Å². The van der Waals surface area contributed by atoms with Crippen LogP contribution in [0.25, 0.3) is 65.3 Å². The molecule has 0 aliphatic carbocycles. The van der Waals surface area contributed by atoms with Crippen LogP contribution in [0.2, 0.25) is 0 Å². The minimum Gasteiger partial charge on any atom is -0.507 e. The summed E-state index contributed by atoms with van der Waals surface area (Å²) in [6.07, 6.45) is 0. The smallest absolute Gasteiger partial charge is 0.124 e. The Morgan fingerprint density at radius 1 is 0.206 bits per heavy atom. The molecule has 0 saturated carbocycles. The molecule has 0 aromatic heterocycles. The lowest BCUT2D eigenvalue weighted by Crippen LogP contribution is -2.26. The number of hydrogen-bond acceptors (Lipinski definition) is 2. The molecule has 0 fully saturated rings. The molecule has 0 aliphatic rings. The molecule has 0 unspecified atom stereocenters. The van der Waals surface area contributed by atoms with Crippen LogP contribution in [-0.4, -0.2) is 10.2 Å². The number of aromatic hydroxyl groups is 2. The van der Waals surface area contributed by atoms with Gasteiger partial charge in [-0.05, 0) is 114 Å². The summed E-state index contributed by atoms with van der Waals surface area (Å²) < 4.78 is 0. The fourth-order valence-corrected chi connectivity index (χ4v) is 14.6. The zero-order valence-electron chi connectivity index (χ0n) is 37.2. The normalized spacial score (nSPS) is 11.3. The molecule has 0 heterocycles. The molecule has 0 aliphatic heterocycles. The molecule has 12 aromatic carbocycles. The van der Waals surface area contributed by atoms with Crippen molar-refractivity contribution in [3.63, 3.8) is 0 Å². The highest BCUT2D eigenvalue weighted by Gasteiger charge is 2.28. The van der Waals surface area contributed by atoms with E-state index in [4.69, 9.17) is 0 Å². The van der Waals surface area contributed by atoms with Crippen LogP contribution in [0.5, 0.6) is 11.5 Å². The van der Waals surface area contributed by atoms with Gasteiger partial charge in [0.2, 0.25) is 0 Å². The third-order valence-electron chi connectivity index (χ3n) is 12.7. The summed E-state index contributed by atoms with van der Waals surface area (Å²) in [6.45, 7) is 0. The zero-order valence-corrected chi connectivity index (χ0v) is 39.0. The predicted molar refractivity (Wildman–Crippen MR) is 295 cm³/mol. The van der Waals surface area contributed by atoms with Crippen molar-refractivity contribution in [2.24, 2.45) is 0 Å². The summed E-state index contributed by atoms with van der Waals surface area (Å²) in [6, 6.07) is 94.7. The first-order valence-electron chi connectivity index (χ1n) is 22.9. The second-order valence-corrected chi connectivity index (χ2v) is 21.1. The molecule has 0 bridgehead atoms. The van der Waals surface area contributed by atoms with Gasteiger partial charge in [-0.25, -0.2) is 0 Å². The van der Waals surface area contributed by atoms with Crippen molar-refractivity contribution in [1.29, 1.82) is 0 Å². The molecule has 0 amide bonds. The van der Waals surface area contributed by atoms with E-state index in [-0.39, 0.29) is 11.5 Å². The van der Waals surface area contributed by atoms with Gasteiger partial charge in [0.05, 0.1) is 0 Å². The van der Waals surface area contributed by atoms with Crippen molar-refractivity contribution in [2.45, 2.75) is 0 Å². The summed E-state index contributed by atoms with van der Waals surface area (Å²) in [4.78, 5) is 0. The highest BCUT2D eigenvalue weighted by molar-refractivity contribution is 7.80. The fraction of sp³-hybridized carbons (Fsp3) is 0. The molecule has 0 atom stereocenters. The average Bonchev–Trinajstić information content (AvgIpc) is 3.40. The molecule has 0 radical (unpaired) electrons. The summed E-state index contributed by atoms with van der Waals surface area (Å²) in [5, 5.41) is 38.1. The van der Waals surface area contributed by atoms with Crippen molar-refractivity contribution in [3.05, 3.63) is 267 Å². The van der Waals surface area contributed by atoms with E-state index >= 15 is 0 Å². The van der Waals surface area contributed by atoms with Crippen molar-refractivity contribution in [3.8, 4) is 33.8 Å². The Kier molecular flexibility index (Phi) is 12.0. The van der Waals surface area contributed by atoms with Crippen molar-refractivity contribution in [1.82, 2.24) is 0 Å². The quantitative estimate of drug-likeness (QED) is 0.149. The van der Waals surface area contributed by atoms with E-state index in [9.17, 15) is 10.2 Å². The molecule has 4 heteroatoms. The number of rotatable bonds is 8. The topological polar surface area (TPSA) is 40.5 Å². The third kappa shape index (κ3) is 8.20. The van der Waals surface area contributed by atoms with Gasteiger partial charge in [0.1, 0.15) is 11.5 Å². The first-order valence-corrected chi connectivity index (χ1v) is 25.6. The van der Waals surface area contributed by atoms with Gasteiger partial charge in [0.15, 0.2) is 0 Å². The van der Waals surface area contributed by atoms with E-state index in [0.717, 1.165) is 21.5 Å². The highest BCUT2D eigenvalue weighted by atomic mass is 31.1. The SMILES string of the molecule is Oc1ccc2ccccc2c1-c1c(O)ccc2ccccc12.c1ccc(P(c2ccccc2)c2ccc3ccccc3c2-c2c(P(c3ccccc3)c3ccccc3)ccc3ccccc23)cc1. The number of phenolic OH excluding ortho intramolecular Hbond substituents is 2. The number of phenols is 2.